The van der Waals surface area contributed by atoms with Crippen LogP contribution in [0.3, 0.4) is 0 Å². The molecule has 0 atom stereocenters. The fourth-order valence-corrected chi connectivity index (χ4v) is 3.30. The number of hydrogen-bond acceptors (Lipinski definition) is 3. The molecule has 2 heterocycles. The van der Waals surface area contributed by atoms with Crippen LogP contribution in [-0.4, -0.2) is 9.97 Å². The predicted octanol–water partition coefficient (Wildman–Crippen LogP) is 6.85. The van der Waals surface area contributed by atoms with Crippen LogP contribution in [-0.2, 0) is 0 Å². The highest BCUT2D eigenvalue weighted by Crippen LogP contribution is 2.36. The lowest BCUT2D eigenvalue weighted by molar-refractivity contribution is 0.572. The summed E-state index contributed by atoms with van der Waals surface area (Å²) in [6.45, 7) is 0. The molecule has 0 aliphatic carbocycles. The van der Waals surface area contributed by atoms with Gasteiger partial charge in [-0.1, -0.05) is 46.9 Å². The fraction of sp³-hybridized carbons (Fsp3) is 0. The molecule has 0 bridgehead atoms. The van der Waals surface area contributed by atoms with E-state index in [9.17, 15) is 5.26 Å². The molecule has 4 nitrogen and oxygen atoms in total. The molecule has 27 heavy (non-hydrogen) atoms. The van der Waals surface area contributed by atoms with Gasteiger partial charge in [0, 0.05) is 11.6 Å². The first-order chi connectivity index (χ1) is 13.0. The number of benzene rings is 2. The molecular formula is C20H10Cl3N3O. The third-order valence-electron chi connectivity index (χ3n) is 3.95. The molecule has 4 aromatic rings. The van der Waals surface area contributed by atoms with Gasteiger partial charge in [-0.2, -0.15) is 5.26 Å². The Bertz CT molecular complexity index is 1200. The Morgan fingerprint density at radius 3 is 2.59 bits per heavy atom. The average molecular weight is 415 g/mol. The van der Waals surface area contributed by atoms with Crippen molar-refractivity contribution in [3.8, 4) is 17.4 Å². The van der Waals surface area contributed by atoms with Crippen LogP contribution in [0.5, 0.6) is 0 Å². The van der Waals surface area contributed by atoms with Gasteiger partial charge >= 0.3 is 0 Å². The molecule has 7 heteroatoms. The van der Waals surface area contributed by atoms with E-state index in [-0.39, 0.29) is 0 Å². The van der Waals surface area contributed by atoms with Gasteiger partial charge in [0.15, 0.2) is 0 Å². The lowest BCUT2D eigenvalue weighted by Gasteiger charge is -2.03. The molecule has 0 unspecified atom stereocenters. The monoisotopic (exact) mass is 413 g/mol. The number of furan rings is 1. The summed E-state index contributed by atoms with van der Waals surface area (Å²) < 4.78 is 5.82. The van der Waals surface area contributed by atoms with Crippen molar-refractivity contribution in [1.29, 1.82) is 5.26 Å². The van der Waals surface area contributed by atoms with Gasteiger partial charge in [-0.05, 0) is 36.4 Å². The largest absolute Gasteiger partial charge is 0.457 e. The number of para-hydroxylation sites is 2. The zero-order valence-electron chi connectivity index (χ0n) is 13.6. The molecule has 1 N–H and O–H groups in total. The van der Waals surface area contributed by atoms with Crippen LogP contribution >= 0.6 is 34.8 Å². The maximum absolute atomic E-state index is 9.53. The van der Waals surface area contributed by atoms with Crippen LogP contribution in [0.4, 0.5) is 0 Å². The van der Waals surface area contributed by atoms with Crippen molar-refractivity contribution < 1.29 is 4.42 Å². The number of H-pyrrole nitrogens is 1. The van der Waals surface area contributed by atoms with Crippen molar-refractivity contribution in [3.63, 3.8) is 0 Å². The zero-order valence-corrected chi connectivity index (χ0v) is 15.9. The van der Waals surface area contributed by atoms with E-state index >= 15 is 0 Å². The highest BCUT2D eigenvalue weighted by atomic mass is 35.5. The fourth-order valence-electron chi connectivity index (χ4n) is 2.66. The Balaban J connectivity index is 1.72. The van der Waals surface area contributed by atoms with Gasteiger partial charge < -0.3 is 9.40 Å². The van der Waals surface area contributed by atoms with Gasteiger partial charge in [0.25, 0.3) is 0 Å². The van der Waals surface area contributed by atoms with E-state index in [1.807, 2.05) is 24.3 Å². The van der Waals surface area contributed by atoms with Crippen LogP contribution in [0, 0.1) is 11.3 Å². The Hall–Kier alpha value is -2.71. The molecular weight excluding hydrogens is 405 g/mol. The van der Waals surface area contributed by atoms with Crippen molar-refractivity contribution in [3.05, 3.63) is 75.2 Å². The third-order valence-corrected chi connectivity index (χ3v) is 4.99. The number of nitrogens with zero attached hydrogens (tertiary/aromatic N) is 2. The number of aromatic nitrogens is 2. The van der Waals surface area contributed by atoms with Crippen LogP contribution in [0.15, 0.2) is 52.9 Å². The summed E-state index contributed by atoms with van der Waals surface area (Å²) in [6.07, 6.45) is 1.62. The van der Waals surface area contributed by atoms with E-state index in [1.54, 1.807) is 30.3 Å². The van der Waals surface area contributed by atoms with Gasteiger partial charge in [-0.15, -0.1) is 0 Å². The smallest absolute Gasteiger partial charge is 0.149 e. The van der Waals surface area contributed by atoms with E-state index in [1.165, 1.54) is 0 Å². The number of aromatic amines is 1. The van der Waals surface area contributed by atoms with E-state index in [0.29, 0.717) is 43.5 Å². The van der Waals surface area contributed by atoms with Gasteiger partial charge in [-0.25, -0.2) is 4.98 Å². The van der Waals surface area contributed by atoms with E-state index < -0.39 is 0 Å². The van der Waals surface area contributed by atoms with Crippen molar-refractivity contribution >= 4 is 57.5 Å². The van der Waals surface area contributed by atoms with Crippen molar-refractivity contribution in [2.75, 3.05) is 0 Å². The Morgan fingerprint density at radius 1 is 1.04 bits per heavy atom. The summed E-state index contributed by atoms with van der Waals surface area (Å²) in [7, 11) is 0. The highest BCUT2D eigenvalue weighted by molar-refractivity contribution is 6.44. The standard InChI is InChI=1S/C20H10Cl3N3O/c21-14-9-16(23)15(22)8-13(14)19-6-5-12(27-19)7-11(10-24)20-25-17-3-1-2-4-18(17)26-20/h1-9H,(H,25,26)/b11-7+. The summed E-state index contributed by atoms with van der Waals surface area (Å²) >= 11 is 18.3. The topological polar surface area (TPSA) is 65.6 Å². The van der Waals surface area contributed by atoms with Crippen LogP contribution < -0.4 is 0 Å². The average Bonchev–Trinajstić information content (AvgIpc) is 3.29. The first-order valence-corrected chi connectivity index (χ1v) is 9.00. The number of nitriles is 1. The summed E-state index contributed by atoms with van der Waals surface area (Å²) in [5.74, 6) is 1.49. The number of fused-ring (bicyclic) bond motifs is 1. The Kier molecular flexibility index (Phi) is 4.67. The molecule has 4 rings (SSSR count). The minimum atomic E-state index is 0.354. The lowest BCUT2D eigenvalue weighted by Crippen LogP contribution is -1.84. The Morgan fingerprint density at radius 2 is 1.81 bits per heavy atom. The second kappa shape index (κ2) is 7.13. The van der Waals surface area contributed by atoms with Crippen molar-refractivity contribution in [1.82, 2.24) is 9.97 Å². The second-order valence-corrected chi connectivity index (χ2v) is 6.94. The maximum atomic E-state index is 9.53. The number of halogens is 3. The molecule has 0 saturated carbocycles. The minimum Gasteiger partial charge on any atom is -0.457 e. The molecule has 0 aliphatic heterocycles. The molecule has 0 radical (unpaired) electrons. The summed E-state index contributed by atoms with van der Waals surface area (Å²) in [5, 5.41) is 10.7. The first kappa shape index (κ1) is 17.7. The molecule has 0 amide bonds. The Labute approximate surface area is 169 Å². The van der Waals surface area contributed by atoms with E-state index in [4.69, 9.17) is 39.2 Å². The van der Waals surface area contributed by atoms with Crippen LogP contribution in [0.1, 0.15) is 11.6 Å². The number of nitrogens with one attached hydrogen (secondary N) is 1. The SMILES string of the molecule is N#C/C(=C\c1ccc(-c2cc(Cl)c(Cl)cc2Cl)o1)c1nc2ccccc2[nH]1. The summed E-state index contributed by atoms with van der Waals surface area (Å²) in [5.41, 5.74) is 2.62. The molecule has 132 valence electrons. The minimum absolute atomic E-state index is 0.354. The van der Waals surface area contributed by atoms with E-state index in [0.717, 1.165) is 11.0 Å². The lowest BCUT2D eigenvalue weighted by atomic mass is 10.2. The van der Waals surface area contributed by atoms with Crippen LogP contribution in [0.25, 0.3) is 34.0 Å². The number of imidazole rings is 1. The van der Waals surface area contributed by atoms with E-state index in [2.05, 4.69) is 16.0 Å². The van der Waals surface area contributed by atoms with Crippen molar-refractivity contribution in [2.45, 2.75) is 0 Å². The van der Waals surface area contributed by atoms with Crippen molar-refractivity contribution in [2.24, 2.45) is 0 Å². The molecule has 0 spiro atoms. The highest BCUT2D eigenvalue weighted by Gasteiger charge is 2.13. The molecule has 2 aromatic carbocycles. The maximum Gasteiger partial charge on any atom is 0.149 e. The normalized spacial score (nSPS) is 11.7. The molecule has 2 aromatic heterocycles. The summed E-state index contributed by atoms with van der Waals surface area (Å²) in [4.78, 5) is 7.57. The summed E-state index contributed by atoms with van der Waals surface area (Å²) in [6, 6.07) is 16.4. The molecule has 0 fully saturated rings. The molecule has 0 saturated heterocycles. The first-order valence-electron chi connectivity index (χ1n) is 7.87. The quantitative estimate of drug-likeness (QED) is 0.294. The number of rotatable bonds is 3. The van der Waals surface area contributed by atoms with Gasteiger partial charge in [-0.3, -0.25) is 0 Å². The van der Waals surface area contributed by atoms with Crippen LogP contribution in [0.2, 0.25) is 15.1 Å². The second-order valence-electron chi connectivity index (χ2n) is 5.72. The van der Waals surface area contributed by atoms with Gasteiger partial charge in [0.2, 0.25) is 0 Å². The van der Waals surface area contributed by atoms with Gasteiger partial charge in [0.1, 0.15) is 23.4 Å². The van der Waals surface area contributed by atoms with Gasteiger partial charge in [0.05, 0.1) is 31.7 Å². The zero-order chi connectivity index (χ0) is 19.0. The number of hydrogen-bond donors (Lipinski definition) is 1. The number of allylic oxidation sites excluding steroid dienone is 1. The third kappa shape index (κ3) is 3.45. The predicted molar refractivity (Wildman–Crippen MR) is 109 cm³/mol. The molecule has 0 aliphatic rings.